The highest BCUT2D eigenvalue weighted by Crippen LogP contribution is 2.25. The van der Waals surface area contributed by atoms with Crippen molar-refractivity contribution in [2.45, 2.75) is 0 Å². The highest BCUT2D eigenvalue weighted by molar-refractivity contribution is 5.93. The molecule has 84 valence electrons. The number of nitrogens with zero attached hydrogens (tertiary/aromatic N) is 2. The molecule has 0 amide bonds. The van der Waals surface area contributed by atoms with Crippen LogP contribution in [0.25, 0.3) is 22.3 Å². The van der Waals surface area contributed by atoms with Crippen LogP contribution in [-0.2, 0) is 0 Å². The minimum Gasteiger partial charge on any atom is -0.386 e. The van der Waals surface area contributed by atoms with Crippen molar-refractivity contribution in [1.82, 2.24) is 15.0 Å². The van der Waals surface area contributed by atoms with E-state index in [1.54, 1.807) is 12.4 Å². The second kappa shape index (κ2) is 3.90. The van der Waals surface area contributed by atoms with Gasteiger partial charge in [-0.25, -0.2) is 9.97 Å². The van der Waals surface area contributed by atoms with Gasteiger partial charge in [-0.15, -0.1) is 0 Å². The van der Waals surface area contributed by atoms with Gasteiger partial charge in [-0.05, 0) is 6.07 Å². The Hall–Kier alpha value is -2.36. The number of para-hydroxylation sites is 1. The van der Waals surface area contributed by atoms with E-state index < -0.39 is 0 Å². The van der Waals surface area contributed by atoms with E-state index in [1.807, 2.05) is 31.4 Å². The summed E-state index contributed by atoms with van der Waals surface area (Å²) in [7, 11) is 1.85. The third kappa shape index (κ3) is 1.63. The molecule has 0 atom stereocenters. The van der Waals surface area contributed by atoms with Crippen LogP contribution >= 0.6 is 0 Å². The first-order valence-corrected chi connectivity index (χ1v) is 5.45. The van der Waals surface area contributed by atoms with Crippen molar-refractivity contribution in [1.29, 1.82) is 0 Å². The Bertz CT molecular complexity index is 640. The molecule has 2 heterocycles. The second-order valence-corrected chi connectivity index (χ2v) is 3.79. The molecule has 0 spiro atoms. The van der Waals surface area contributed by atoms with Crippen molar-refractivity contribution in [3.05, 3.63) is 42.9 Å². The van der Waals surface area contributed by atoms with Crippen LogP contribution in [0.5, 0.6) is 0 Å². The third-order valence-corrected chi connectivity index (χ3v) is 2.77. The fraction of sp³-hybridized carbons (Fsp3) is 0.0769. The van der Waals surface area contributed by atoms with Crippen molar-refractivity contribution in [3.8, 4) is 11.4 Å². The van der Waals surface area contributed by atoms with Gasteiger partial charge in [-0.2, -0.15) is 0 Å². The van der Waals surface area contributed by atoms with E-state index in [0.29, 0.717) is 0 Å². The van der Waals surface area contributed by atoms with Crippen LogP contribution in [0.1, 0.15) is 0 Å². The smallest absolute Gasteiger partial charge is 0.161 e. The molecule has 0 saturated carbocycles. The summed E-state index contributed by atoms with van der Waals surface area (Å²) in [6.45, 7) is 0. The average molecular weight is 224 g/mol. The lowest BCUT2D eigenvalue weighted by Crippen LogP contribution is -1.92. The first-order valence-electron chi connectivity index (χ1n) is 5.45. The molecule has 0 unspecified atom stereocenters. The molecule has 4 nitrogen and oxygen atoms in total. The van der Waals surface area contributed by atoms with Crippen LogP contribution < -0.4 is 5.32 Å². The van der Waals surface area contributed by atoms with E-state index in [1.165, 1.54) is 0 Å². The van der Waals surface area contributed by atoms with E-state index in [2.05, 4.69) is 26.3 Å². The number of hydrogen-bond donors (Lipinski definition) is 2. The summed E-state index contributed by atoms with van der Waals surface area (Å²) in [6, 6.07) is 8.13. The molecule has 0 saturated heterocycles. The zero-order chi connectivity index (χ0) is 11.7. The van der Waals surface area contributed by atoms with E-state index in [4.69, 9.17) is 0 Å². The van der Waals surface area contributed by atoms with E-state index in [-0.39, 0.29) is 0 Å². The molecule has 1 aromatic carbocycles. The normalized spacial score (nSPS) is 10.6. The molecule has 0 radical (unpaired) electrons. The fourth-order valence-electron chi connectivity index (χ4n) is 1.85. The first kappa shape index (κ1) is 9.84. The molecular formula is C13H12N4. The summed E-state index contributed by atoms with van der Waals surface area (Å²) in [4.78, 5) is 11.9. The number of aromatic nitrogens is 3. The van der Waals surface area contributed by atoms with Crippen molar-refractivity contribution < 1.29 is 0 Å². The largest absolute Gasteiger partial charge is 0.386 e. The molecular weight excluding hydrogens is 212 g/mol. The fourth-order valence-corrected chi connectivity index (χ4v) is 1.85. The first-order chi connectivity index (χ1) is 8.38. The summed E-state index contributed by atoms with van der Waals surface area (Å²) in [5.74, 6) is 0.737. The molecule has 0 bridgehead atoms. The summed E-state index contributed by atoms with van der Waals surface area (Å²) >= 11 is 0. The molecule has 3 rings (SSSR count). The minimum absolute atomic E-state index is 0.737. The topological polar surface area (TPSA) is 53.6 Å². The van der Waals surface area contributed by atoms with Crippen molar-refractivity contribution in [2.75, 3.05) is 12.4 Å². The van der Waals surface area contributed by atoms with E-state index >= 15 is 0 Å². The number of aromatic amines is 1. The van der Waals surface area contributed by atoms with Gasteiger partial charge in [0, 0.05) is 29.7 Å². The molecule has 0 aliphatic rings. The number of benzene rings is 1. The average Bonchev–Trinajstić information content (AvgIpc) is 2.83. The molecule has 0 fully saturated rings. The lowest BCUT2D eigenvalue weighted by Gasteiger charge is -2.00. The van der Waals surface area contributed by atoms with Gasteiger partial charge in [-0.1, -0.05) is 18.2 Å². The van der Waals surface area contributed by atoms with Crippen LogP contribution in [0.15, 0.2) is 42.9 Å². The lowest BCUT2D eigenvalue weighted by molar-refractivity contribution is 1.17. The number of H-pyrrole nitrogens is 1. The Morgan fingerprint density at radius 1 is 1.12 bits per heavy atom. The van der Waals surface area contributed by atoms with Gasteiger partial charge in [0.05, 0.1) is 18.1 Å². The number of anilines is 1. The number of hydrogen-bond acceptors (Lipinski definition) is 3. The van der Waals surface area contributed by atoms with Gasteiger partial charge < -0.3 is 10.3 Å². The highest BCUT2D eigenvalue weighted by atomic mass is 14.9. The van der Waals surface area contributed by atoms with Gasteiger partial charge in [0.15, 0.2) is 5.82 Å². The maximum atomic E-state index is 4.35. The maximum Gasteiger partial charge on any atom is 0.161 e. The molecule has 2 N–H and O–H groups in total. The molecule has 0 aliphatic carbocycles. The van der Waals surface area contributed by atoms with Gasteiger partial charge in [0.25, 0.3) is 0 Å². The molecule has 4 heteroatoms. The van der Waals surface area contributed by atoms with Crippen molar-refractivity contribution in [2.24, 2.45) is 0 Å². The maximum absolute atomic E-state index is 4.35. The highest BCUT2D eigenvalue weighted by Gasteiger charge is 2.07. The molecule has 2 aromatic heterocycles. The number of fused-ring (bicyclic) bond motifs is 1. The quantitative estimate of drug-likeness (QED) is 0.703. The third-order valence-electron chi connectivity index (χ3n) is 2.77. The van der Waals surface area contributed by atoms with Gasteiger partial charge in [-0.3, -0.25) is 0 Å². The van der Waals surface area contributed by atoms with E-state index in [9.17, 15) is 0 Å². The number of nitrogens with one attached hydrogen (secondary N) is 2. The summed E-state index contributed by atoms with van der Waals surface area (Å²) in [6.07, 6.45) is 5.51. The Morgan fingerprint density at radius 2 is 1.88 bits per heavy atom. The van der Waals surface area contributed by atoms with Crippen LogP contribution in [0.2, 0.25) is 0 Å². The molecule has 17 heavy (non-hydrogen) atoms. The Labute approximate surface area is 98.7 Å². The summed E-state index contributed by atoms with van der Waals surface area (Å²) in [5, 5.41) is 4.15. The standard InChI is InChI=1S/C13H12N4/c1-14-9-6-16-13(17-7-9)11-8-15-12-5-3-2-4-10(11)12/h2-8,14-15H,1H3. The van der Waals surface area contributed by atoms with Crippen LogP contribution in [0, 0.1) is 0 Å². The minimum atomic E-state index is 0.737. The Morgan fingerprint density at radius 3 is 2.65 bits per heavy atom. The van der Waals surface area contributed by atoms with Crippen LogP contribution in [0.4, 0.5) is 5.69 Å². The monoisotopic (exact) mass is 224 g/mol. The van der Waals surface area contributed by atoms with Crippen molar-refractivity contribution in [3.63, 3.8) is 0 Å². The van der Waals surface area contributed by atoms with Gasteiger partial charge in [0.1, 0.15) is 0 Å². The van der Waals surface area contributed by atoms with Crippen LogP contribution in [-0.4, -0.2) is 22.0 Å². The SMILES string of the molecule is CNc1cnc(-c2c[nH]c3ccccc23)nc1. The van der Waals surface area contributed by atoms with Gasteiger partial charge in [0.2, 0.25) is 0 Å². The van der Waals surface area contributed by atoms with E-state index in [0.717, 1.165) is 28.0 Å². The number of rotatable bonds is 2. The predicted octanol–water partition coefficient (Wildman–Crippen LogP) is 2.67. The zero-order valence-corrected chi connectivity index (χ0v) is 9.44. The Balaban J connectivity index is 2.13. The van der Waals surface area contributed by atoms with Crippen molar-refractivity contribution >= 4 is 16.6 Å². The Kier molecular flexibility index (Phi) is 2.26. The summed E-state index contributed by atoms with van der Waals surface area (Å²) in [5.41, 5.74) is 3.04. The predicted molar refractivity (Wildman–Crippen MR) is 68.9 cm³/mol. The molecule has 0 aliphatic heterocycles. The second-order valence-electron chi connectivity index (χ2n) is 3.79. The summed E-state index contributed by atoms with van der Waals surface area (Å²) < 4.78 is 0. The van der Waals surface area contributed by atoms with Crippen LogP contribution in [0.3, 0.4) is 0 Å². The lowest BCUT2D eigenvalue weighted by atomic mass is 10.1. The molecule has 3 aromatic rings. The zero-order valence-electron chi connectivity index (χ0n) is 9.44. The van der Waals surface area contributed by atoms with Gasteiger partial charge >= 0.3 is 0 Å².